The molecule has 0 aliphatic rings. The maximum absolute atomic E-state index is 12.4. The quantitative estimate of drug-likeness (QED) is 0.784. The highest BCUT2D eigenvalue weighted by Gasteiger charge is 2.13. The standard InChI is InChI=1S/C19H19NO3/c1-12-4-6-17-15(8-12)14(11-23-17)10-19(21)20-16-9-13(2)5-7-18(16)22-3/h4-9,11H,10H2,1-3H3,(H,20,21). The Balaban J connectivity index is 1.81. The van der Waals surface area contributed by atoms with Crippen molar-refractivity contribution in [3.63, 3.8) is 0 Å². The third-order valence-corrected chi connectivity index (χ3v) is 3.79. The molecule has 4 nitrogen and oxygen atoms in total. The van der Waals surface area contributed by atoms with E-state index < -0.39 is 0 Å². The van der Waals surface area contributed by atoms with Crippen molar-refractivity contribution >= 4 is 22.6 Å². The molecule has 0 fully saturated rings. The van der Waals surface area contributed by atoms with E-state index in [0.29, 0.717) is 11.4 Å². The number of benzene rings is 2. The number of rotatable bonds is 4. The zero-order valence-corrected chi connectivity index (χ0v) is 13.5. The molecule has 0 saturated heterocycles. The predicted octanol–water partition coefficient (Wildman–Crippen LogP) is 4.24. The largest absolute Gasteiger partial charge is 0.495 e. The molecular formula is C19H19NO3. The monoisotopic (exact) mass is 309 g/mol. The Labute approximate surface area is 135 Å². The minimum absolute atomic E-state index is 0.0990. The summed E-state index contributed by atoms with van der Waals surface area (Å²) in [6, 6.07) is 11.6. The lowest BCUT2D eigenvalue weighted by Gasteiger charge is -2.10. The van der Waals surface area contributed by atoms with E-state index in [0.717, 1.165) is 27.7 Å². The molecule has 3 aromatic rings. The van der Waals surface area contributed by atoms with Crippen LogP contribution in [-0.4, -0.2) is 13.0 Å². The van der Waals surface area contributed by atoms with Gasteiger partial charge in [0.15, 0.2) is 0 Å². The summed E-state index contributed by atoms with van der Waals surface area (Å²) >= 11 is 0. The molecule has 0 unspecified atom stereocenters. The third kappa shape index (κ3) is 3.21. The lowest BCUT2D eigenvalue weighted by molar-refractivity contribution is -0.115. The number of aryl methyl sites for hydroxylation is 2. The molecule has 0 aliphatic carbocycles. The van der Waals surface area contributed by atoms with Gasteiger partial charge in [-0.1, -0.05) is 17.7 Å². The molecule has 0 aliphatic heterocycles. The van der Waals surface area contributed by atoms with Crippen molar-refractivity contribution in [2.45, 2.75) is 20.3 Å². The zero-order chi connectivity index (χ0) is 16.4. The van der Waals surface area contributed by atoms with E-state index in [1.54, 1.807) is 13.4 Å². The number of methoxy groups -OCH3 is 1. The Morgan fingerprint density at radius 1 is 1.13 bits per heavy atom. The molecular weight excluding hydrogens is 290 g/mol. The average Bonchev–Trinajstić information content (AvgIpc) is 2.90. The molecule has 1 heterocycles. The van der Waals surface area contributed by atoms with Crippen molar-refractivity contribution in [3.05, 3.63) is 59.4 Å². The zero-order valence-electron chi connectivity index (χ0n) is 13.5. The highest BCUT2D eigenvalue weighted by molar-refractivity contribution is 5.96. The first kappa shape index (κ1) is 15.2. The molecule has 3 rings (SSSR count). The number of carbonyl (C=O) groups is 1. The molecule has 2 aromatic carbocycles. The second-order valence-corrected chi connectivity index (χ2v) is 5.69. The summed E-state index contributed by atoms with van der Waals surface area (Å²) in [6.07, 6.45) is 1.91. The van der Waals surface area contributed by atoms with Gasteiger partial charge in [0.1, 0.15) is 11.3 Å². The molecule has 118 valence electrons. The predicted molar refractivity (Wildman–Crippen MR) is 91.0 cm³/mol. The van der Waals surface area contributed by atoms with Crippen molar-refractivity contribution in [1.29, 1.82) is 0 Å². The first-order valence-corrected chi connectivity index (χ1v) is 7.48. The molecule has 0 spiro atoms. The van der Waals surface area contributed by atoms with Crippen LogP contribution in [0, 0.1) is 13.8 Å². The van der Waals surface area contributed by atoms with E-state index in [9.17, 15) is 4.79 Å². The van der Waals surface area contributed by atoms with Crippen LogP contribution in [-0.2, 0) is 11.2 Å². The van der Waals surface area contributed by atoms with Gasteiger partial charge in [0.25, 0.3) is 0 Å². The Kier molecular flexibility index (Phi) is 4.06. The molecule has 0 saturated carbocycles. The summed E-state index contributed by atoms with van der Waals surface area (Å²) < 4.78 is 10.8. The molecule has 23 heavy (non-hydrogen) atoms. The number of anilines is 1. The van der Waals surface area contributed by atoms with Crippen LogP contribution in [0.1, 0.15) is 16.7 Å². The lowest BCUT2D eigenvalue weighted by Crippen LogP contribution is -2.15. The van der Waals surface area contributed by atoms with Crippen LogP contribution < -0.4 is 10.1 Å². The lowest BCUT2D eigenvalue weighted by atomic mass is 10.1. The van der Waals surface area contributed by atoms with Gasteiger partial charge in [-0.3, -0.25) is 4.79 Å². The van der Waals surface area contributed by atoms with Gasteiger partial charge in [0.05, 0.1) is 25.5 Å². The van der Waals surface area contributed by atoms with Crippen LogP contribution in [0.5, 0.6) is 5.75 Å². The highest BCUT2D eigenvalue weighted by Crippen LogP contribution is 2.26. The first-order chi connectivity index (χ1) is 11.1. The molecule has 0 bridgehead atoms. The van der Waals surface area contributed by atoms with Gasteiger partial charge < -0.3 is 14.5 Å². The first-order valence-electron chi connectivity index (χ1n) is 7.48. The van der Waals surface area contributed by atoms with Crippen LogP contribution in [0.4, 0.5) is 5.69 Å². The maximum Gasteiger partial charge on any atom is 0.229 e. The molecule has 1 amide bonds. The van der Waals surface area contributed by atoms with E-state index in [4.69, 9.17) is 9.15 Å². The Morgan fingerprint density at radius 2 is 1.87 bits per heavy atom. The second kappa shape index (κ2) is 6.16. The number of hydrogen-bond acceptors (Lipinski definition) is 3. The van der Waals surface area contributed by atoms with Gasteiger partial charge in [-0.25, -0.2) is 0 Å². The van der Waals surface area contributed by atoms with Gasteiger partial charge in [-0.15, -0.1) is 0 Å². The third-order valence-electron chi connectivity index (χ3n) is 3.79. The van der Waals surface area contributed by atoms with Crippen molar-refractivity contribution in [2.24, 2.45) is 0 Å². The molecule has 4 heteroatoms. The van der Waals surface area contributed by atoms with Gasteiger partial charge >= 0.3 is 0 Å². The smallest absolute Gasteiger partial charge is 0.229 e. The van der Waals surface area contributed by atoms with Crippen molar-refractivity contribution < 1.29 is 13.9 Å². The Bertz CT molecular complexity index is 864. The van der Waals surface area contributed by atoms with Crippen molar-refractivity contribution in [3.8, 4) is 5.75 Å². The fourth-order valence-corrected chi connectivity index (χ4v) is 2.62. The van der Waals surface area contributed by atoms with Crippen molar-refractivity contribution in [2.75, 3.05) is 12.4 Å². The van der Waals surface area contributed by atoms with Crippen LogP contribution in [0.15, 0.2) is 47.1 Å². The minimum Gasteiger partial charge on any atom is -0.495 e. The van der Waals surface area contributed by atoms with E-state index in [1.165, 1.54) is 0 Å². The minimum atomic E-state index is -0.0990. The number of ether oxygens (including phenoxy) is 1. The van der Waals surface area contributed by atoms with Gasteiger partial charge in [0.2, 0.25) is 5.91 Å². The topological polar surface area (TPSA) is 51.5 Å². The van der Waals surface area contributed by atoms with Gasteiger partial charge in [0, 0.05) is 10.9 Å². The van der Waals surface area contributed by atoms with Gasteiger partial charge in [-0.2, -0.15) is 0 Å². The Morgan fingerprint density at radius 3 is 2.65 bits per heavy atom. The fraction of sp³-hybridized carbons (Fsp3) is 0.211. The van der Waals surface area contributed by atoms with E-state index in [-0.39, 0.29) is 12.3 Å². The Hall–Kier alpha value is -2.75. The highest BCUT2D eigenvalue weighted by atomic mass is 16.5. The number of hydrogen-bond donors (Lipinski definition) is 1. The van der Waals surface area contributed by atoms with Crippen LogP contribution >= 0.6 is 0 Å². The summed E-state index contributed by atoms with van der Waals surface area (Å²) in [5.74, 6) is 0.551. The molecule has 0 radical (unpaired) electrons. The molecule has 1 aromatic heterocycles. The summed E-state index contributed by atoms with van der Waals surface area (Å²) in [6.45, 7) is 4.00. The molecule has 0 atom stereocenters. The van der Waals surface area contributed by atoms with E-state index >= 15 is 0 Å². The second-order valence-electron chi connectivity index (χ2n) is 5.69. The number of furan rings is 1. The number of fused-ring (bicyclic) bond motifs is 1. The van der Waals surface area contributed by atoms with Crippen LogP contribution in [0.25, 0.3) is 11.0 Å². The van der Waals surface area contributed by atoms with Crippen LogP contribution in [0.3, 0.4) is 0 Å². The van der Waals surface area contributed by atoms with E-state index in [1.807, 2.05) is 50.2 Å². The SMILES string of the molecule is COc1ccc(C)cc1NC(=O)Cc1coc2ccc(C)cc12. The van der Waals surface area contributed by atoms with Crippen LogP contribution in [0.2, 0.25) is 0 Å². The summed E-state index contributed by atoms with van der Waals surface area (Å²) in [7, 11) is 1.59. The van der Waals surface area contributed by atoms with Gasteiger partial charge in [-0.05, 0) is 43.7 Å². The molecule has 1 N–H and O–H groups in total. The van der Waals surface area contributed by atoms with E-state index in [2.05, 4.69) is 5.32 Å². The van der Waals surface area contributed by atoms with Crippen molar-refractivity contribution in [1.82, 2.24) is 0 Å². The number of amides is 1. The fourth-order valence-electron chi connectivity index (χ4n) is 2.62. The number of nitrogens with one attached hydrogen (secondary N) is 1. The summed E-state index contributed by atoms with van der Waals surface area (Å²) in [5, 5.41) is 3.90. The maximum atomic E-state index is 12.4. The summed E-state index contributed by atoms with van der Waals surface area (Å²) in [5.41, 5.74) is 4.56. The average molecular weight is 309 g/mol. The normalized spacial score (nSPS) is 10.7. The summed E-state index contributed by atoms with van der Waals surface area (Å²) in [4.78, 5) is 12.4. The number of carbonyl (C=O) groups excluding carboxylic acids is 1.